The zero-order valence-electron chi connectivity index (χ0n) is 31.1. The van der Waals surface area contributed by atoms with Crippen LogP contribution in [-0.4, -0.2) is 30.6 Å². The van der Waals surface area contributed by atoms with Crippen molar-refractivity contribution in [2.45, 2.75) is 5.40 Å². The highest BCUT2D eigenvalue weighted by molar-refractivity contribution is 6.40. The SMILES string of the molecule is BC1(B)Oc2cccc(-c3cc(-c4nc(-c5ccc(-c6ccccc6)cc5)nc(-c5ccc(-c6ccccc6)cc5)n4)c4ccccc4c3)c2-c2ccccc21. The molecule has 4 nitrogen and oxygen atoms in total. The molecule has 1 aliphatic heterocycles. The minimum atomic E-state index is -0.451. The molecule has 262 valence electrons. The van der Waals surface area contributed by atoms with Crippen molar-refractivity contribution in [1.29, 1.82) is 0 Å². The lowest BCUT2D eigenvalue weighted by molar-refractivity contribution is 0.241. The van der Waals surface area contributed by atoms with Crippen LogP contribution in [0.15, 0.2) is 188 Å². The smallest absolute Gasteiger partial charge is 0.164 e. The van der Waals surface area contributed by atoms with Gasteiger partial charge in [0.25, 0.3) is 0 Å². The number of hydrogen-bond donors (Lipinski definition) is 0. The van der Waals surface area contributed by atoms with E-state index in [1.54, 1.807) is 0 Å². The second kappa shape index (κ2) is 13.7. The molecule has 0 N–H and O–H groups in total. The number of rotatable bonds is 6. The molecular formula is C50H35B2N3O. The van der Waals surface area contributed by atoms with Crippen molar-refractivity contribution in [1.82, 2.24) is 15.0 Å². The molecule has 8 aromatic carbocycles. The minimum absolute atomic E-state index is 0.451. The zero-order valence-corrected chi connectivity index (χ0v) is 31.1. The van der Waals surface area contributed by atoms with Crippen LogP contribution in [0.5, 0.6) is 5.75 Å². The standard InChI is InChI=1S/C50H35B2N3O/c51-50(52)44-20-10-9-18-42(44)46-41(19-11-21-45(46)56-50)39-30-38-16-7-8-17-40(38)43(31-39)49-54-47(36-26-22-34(23-27-36)32-12-3-1-4-13-32)53-48(55-49)37-28-24-35(25-29-37)33-14-5-2-6-15-33/h1-31H,51-52H2. The maximum absolute atomic E-state index is 6.68. The van der Waals surface area contributed by atoms with Crippen LogP contribution in [0.4, 0.5) is 0 Å². The van der Waals surface area contributed by atoms with Crippen LogP contribution in [-0.2, 0) is 5.40 Å². The molecule has 10 rings (SSSR count). The molecule has 1 aliphatic rings. The Hall–Kier alpha value is -7.04. The van der Waals surface area contributed by atoms with Crippen molar-refractivity contribution < 1.29 is 4.74 Å². The highest BCUT2D eigenvalue weighted by atomic mass is 16.5. The summed E-state index contributed by atoms with van der Waals surface area (Å²) in [5, 5.41) is 1.72. The van der Waals surface area contributed by atoms with E-state index in [0.717, 1.165) is 72.2 Å². The molecule has 0 bridgehead atoms. The van der Waals surface area contributed by atoms with E-state index in [2.05, 4.69) is 192 Å². The van der Waals surface area contributed by atoms with Crippen LogP contribution < -0.4 is 4.74 Å². The van der Waals surface area contributed by atoms with Crippen molar-refractivity contribution in [2.24, 2.45) is 0 Å². The highest BCUT2D eigenvalue weighted by Crippen LogP contribution is 2.48. The van der Waals surface area contributed by atoms with Gasteiger partial charge in [0, 0.05) is 22.3 Å². The average molecular weight is 715 g/mol. The Morgan fingerprint density at radius 3 is 1.52 bits per heavy atom. The summed E-state index contributed by atoms with van der Waals surface area (Å²) >= 11 is 0. The normalized spacial score (nSPS) is 12.7. The maximum atomic E-state index is 6.68. The summed E-state index contributed by atoms with van der Waals surface area (Å²) in [7, 11) is 4.27. The first-order valence-corrected chi connectivity index (χ1v) is 19.0. The first-order valence-electron chi connectivity index (χ1n) is 19.0. The lowest BCUT2D eigenvalue weighted by atomic mass is 9.58. The van der Waals surface area contributed by atoms with Crippen molar-refractivity contribution in [3.05, 3.63) is 194 Å². The van der Waals surface area contributed by atoms with Crippen molar-refractivity contribution in [2.75, 3.05) is 0 Å². The van der Waals surface area contributed by atoms with E-state index in [1.165, 1.54) is 11.1 Å². The van der Waals surface area contributed by atoms with Crippen LogP contribution in [0.2, 0.25) is 0 Å². The predicted molar refractivity (Wildman–Crippen MR) is 235 cm³/mol. The third kappa shape index (κ3) is 6.06. The largest absolute Gasteiger partial charge is 0.500 e. The van der Waals surface area contributed by atoms with Gasteiger partial charge in [-0.3, -0.25) is 0 Å². The molecule has 2 heterocycles. The summed E-state index contributed by atoms with van der Waals surface area (Å²) in [4.78, 5) is 15.6. The van der Waals surface area contributed by atoms with E-state index < -0.39 is 5.40 Å². The molecule has 6 heteroatoms. The molecular weight excluding hydrogens is 680 g/mol. The van der Waals surface area contributed by atoms with Gasteiger partial charge in [0.05, 0.1) is 5.40 Å². The van der Waals surface area contributed by atoms with Crippen LogP contribution in [0.25, 0.3) is 89.4 Å². The van der Waals surface area contributed by atoms with E-state index in [4.69, 9.17) is 19.7 Å². The molecule has 56 heavy (non-hydrogen) atoms. The van der Waals surface area contributed by atoms with Gasteiger partial charge in [0.2, 0.25) is 0 Å². The Labute approximate surface area is 328 Å². The number of fused-ring (bicyclic) bond motifs is 4. The number of aromatic nitrogens is 3. The Kier molecular flexibility index (Phi) is 8.18. The first-order chi connectivity index (χ1) is 27.5. The lowest BCUT2D eigenvalue weighted by Gasteiger charge is -2.36. The summed E-state index contributed by atoms with van der Waals surface area (Å²) in [5.41, 5.74) is 13.0. The van der Waals surface area contributed by atoms with Gasteiger partial charge < -0.3 is 4.74 Å². The molecule has 1 aromatic heterocycles. The fourth-order valence-corrected chi connectivity index (χ4v) is 7.98. The van der Waals surface area contributed by atoms with Gasteiger partial charge in [-0.25, -0.2) is 15.0 Å². The quantitative estimate of drug-likeness (QED) is 0.161. The van der Waals surface area contributed by atoms with Crippen LogP contribution in [0.3, 0.4) is 0 Å². The zero-order chi connectivity index (χ0) is 37.6. The van der Waals surface area contributed by atoms with E-state index >= 15 is 0 Å². The fraction of sp³-hybridized carbons (Fsp3) is 0.0200. The number of nitrogens with zero attached hydrogens (tertiary/aromatic N) is 3. The van der Waals surface area contributed by atoms with Gasteiger partial charge >= 0.3 is 0 Å². The summed E-state index contributed by atoms with van der Waals surface area (Å²) in [6.07, 6.45) is 0. The summed E-state index contributed by atoms with van der Waals surface area (Å²) < 4.78 is 6.68. The molecule has 0 amide bonds. The van der Waals surface area contributed by atoms with Gasteiger partial charge in [-0.15, -0.1) is 0 Å². The van der Waals surface area contributed by atoms with Gasteiger partial charge in [0.1, 0.15) is 5.75 Å². The molecule has 0 aliphatic carbocycles. The minimum Gasteiger partial charge on any atom is -0.500 e. The third-order valence-corrected chi connectivity index (χ3v) is 10.8. The second-order valence-electron chi connectivity index (χ2n) is 14.8. The average Bonchev–Trinajstić information content (AvgIpc) is 3.26. The maximum Gasteiger partial charge on any atom is 0.164 e. The van der Waals surface area contributed by atoms with Crippen LogP contribution in [0, 0.1) is 0 Å². The lowest BCUT2D eigenvalue weighted by Crippen LogP contribution is -2.37. The van der Waals surface area contributed by atoms with Gasteiger partial charge in [-0.2, -0.15) is 0 Å². The summed E-state index contributed by atoms with van der Waals surface area (Å²) in [5.74, 6) is 2.73. The monoisotopic (exact) mass is 715 g/mol. The Balaban J connectivity index is 1.16. The van der Waals surface area contributed by atoms with E-state index in [-0.39, 0.29) is 0 Å². The van der Waals surface area contributed by atoms with Gasteiger partial charge in [-0.05, 0) is 73.5 Å². The Morgan fingerprint density at radius 1 is 0.375 bits per heavy atom. The van der Waals surface area contributed by atoms with Crippen molar-refractivity contribution >= 4 is 26.5 Å². The first kappa shape index (κ1) is 33.5. The Bertz CT molecular complexity index is 2790. The molecule has 0 unspecified atom stereocenters. The predicted octanol–water partition coefficient (Wildman–Crippen LogP) is 10.5. The molecule has 0 spiro atoms. The molecule has 0 saturated carbocycles. The molecule has 9 aromatic rings. The fourth-order valence-electron chi connectivity index (χ4n) is 7.98. The third-order valence-electron chi connectivity index (χ3n) is 10.8. The van der Waals surface area contributed by atoms with E-state index in [1.807, 2.05) is 12.1 Å². The second-order valence-corrected chi connectivity index (χ2v) is 14.8. The topological polar surface area (TPSA) is 47.9 Å². The van der Waals surface area contributed by atoms with E-state index in [0.29, 0.717) is 17.5 Å². The number of hydrogen-bond acceptors (Lipinski definition) is 4. The van der Waals surface area contributed by atoms with E-state index in [9.17, 15) is 0 Å². The Morgan fingerprint density at radius 2 is 0.875 bits per heavy atom. The number of benzene rings is 8. The molecule has 0 atom stereocenters. The van der Waals surface area contributed by atoms with Crippen molar-refractivity contribution in [3.8, 4) is 84.4 Å². The van der Waals surface area contributed by atoms with Gasteiger partial charge in [0.15, 0.2) is 33.2 Å². The molecule has 0 radical (unpaired) electrons. The van der Waals surface area contributed by atoms with Crippen LogP contribution in [0.1, 0.15) is 5.56 Å². The summed E-state index contributed by atoms with van der Waals surface area (Å²) in [6, 6.07) is 65.7. The van der Waals surface area contributed by atoms with Crippen molar-refractivity contribution in [3.63, 3.8) is 0 Å². The highest BCUT2D eigenvalue weighted by Gasteiger charge is 2.33. The molecule has 0 saturated heterocycles. The number of ether oxygens (including phenoxy) is 1. The van der Waals surface area contributed by atoms with Crippen LogP contribution >= 0.6 is 0 Å². The van der Waals surface area contributed by atoms with Gasteiger partial charge in [-0.1, -0.05) is 170 Å². The molecule has 0 fully saturated rings. The summed E-state index contributed by atoms with van der Waals surface area (Å²) in [6.45, 7) is 0.